The van der Waals surface area contributed by atoms with Crippen LogP contribution in [0.5, 0.6) is 0 Å². The second-order valence-corrected chi connectivity index (χ2v) is 15.8. The van der Waals surface area contributed by atoms with Crippen molar-refractivity contribution in [3.63, 3.8) is 0 Å². The molecule has 184 valence electrons. The lowest BCUT2D eigenvalue weighted by Crippen LogP contribution is -2.40. The predicted molar refractivity (Wildman–Crippen MR) is 138 cm³/mol. The molecule has 1 saturated heterocycles. The molecule has 3 rings (SSSR count). The van der Waals surface area contributed by atoms with Crippen LogP contribution in [0.15, 0.2) is 22.8 Å². The monoisotopic (exact) mass is 549 g/mol. The Balaban J connectivity index is 1.79. The first-order valence-electron chi connectivity index (χ1n) is 11.4. The van der Waals surface area contributed by atoms with Gasteiger partial charge in [-0.2, -0.15) is 10.2 Å². The van der Waals surface area contributed by atoms with Crippen molar-refractivity contribution in [3.8, 4) is 6.07 Å². The summed E-state index contributed by atoms with van der Waals surface area (Å²) in [7, 11) is -1.99. The van der Waals surface area contributed by atoms with E-state index in [0.29, 0.717) is 53.7 Å². The van der Waals surface area contributed by atoms with Crippen molar-refractivity contribution in [1.82, 2.24) is 9.97 Å². The molecule has 0 aliphatic carbocycles. The lowest BCUT2D eigenvalue weighted by molar-refractivity contribution is 0.0698. The topological polar surface area (TPSA) is 92.1 Å². The largest absolute Gasteiger partial charge is 0.413 e. The summed E-state index contributed by atoms with van der Waals surface area (Å²) in [5.41, 5.74) is 2.09. The molecule has 2 aromatic rings. The minimum Gasteiger partial charge on any atom is -0.413 e. The minimum atomic E-state index is -1.99. The van der Waals surface area contributed by atoms with Gasteiger partial charge in [-0.25, -0.2) is 9.37 Å². The maximum absolute atomic E-state index is 14.7. The van der Waals surface area contributed by atoms with E-state index in [1.54, 1.807) is 6.20 Å². The molecule has 2 N–H and O–H groups in total. The highest BCUT2D eigenvalue weighted by Crippen LogP contribution is 2.38. The van der Waals surface area contributed by atoms with E-state index >= 15 is 0 Å². The maximum atomic E-state index is 14.7. The van der Waals surface area contributed by atoms with Gasteiger partial charge in [0.25, 0.3) is 0 Å². The van der Waals surface area contributed by atoms with Gasteiger partial charge in [-0.1, -0.05) is 20.8 Å². The fourth-order valence-corrected chi connectivity index (χ4v) is 4.58. The molecule has 0 radical (unpaired) electrons. The average Bonchev–Trinajstić information content (AvgIpc) is 2.77. The van der Waals surface area contributed by atoms with Gasteiger partial charge in [0.1, 0.15) is 11.6 Å². The molecule has 1 aromatic heterocycles. The molecular formula is C24H33BrFN5O2Si. The highest BCUT2D eigenvalue weighted by atomic mass is 79.9. The highest BCUT2D eigenvalue weighted by Gasteiger charge is 2.37. The number of halogens is 2. The molecule has 1 fully saturated rings. The van der Waals surface area contributed by atoms with Gasteiger partial charge in [0.2, 0.25) is 5.95 Å². The van der Waals surface area contributed by atoms with Crippen LogP contribution in [0.25, 0.3) is 0 Å². The van der Waals surface area contributed by atoms with Crippen LogP contribution in [0.3, 0.4) is 0 Å². The maximum Gasteiger partial charge on any atom is 0.229 e. The molecule has 7 nitrogen and oxygen atoms in total. The minimum absolute atomic E-state index is 0.0565. The molecule has 0 saturated carbocycles. The number of aryl methyl sites for hydroxylation is 1. The number of hydrogen-bond acceptors (Lipinski definition) is 7. The molecule has 1 aliphatic heterocycles. The number of anilines is 3. The van der Waals surface area contributed by atoms with Gasteiger partial charge in [0.15, 0.2) is 8.32 Å². The summed E-state index contributed by atoms with van der Waals surface area (Å²) in [6, 6.07) is 5.44. The third kappa shape index (κ3) is 6.33. The van der Waals surface area contributed by atoms with Crippen LogP contribution in [0.4, 0.5) is 21.8 Å². The van der Waals surface area contributed by atoms with Crippen LogP contribution in [0.2, 0.25) is 18.1 Å². The van der Waals surface area contributed by atoms with Crippen LogP contribution in [0.1, 0.15) is 38.3 Å². The van der Waals surface area contributed by atoms with E-state index < -0.39 is 8.32 Å². The van der Waals surface area contributed by atoms with Gasteiger partial charge in [-0.15, -0.1) is 0 Å². The Bertz CT molecular complexity index is 1070. The van der Waals surface area contributed by atoms with Gasteiger partial charge < -0.3 is 19.8 Å². The quantitative estimate of drug-likeness (QED) is 0.392. The second-order valence-electron chi connectivity index (χ2n) is 10.2. The lowest BCUT2D eigenvalue weighted by atomic mass is 9.96. The molecule has 0 unspecified atom stereocenters. The van der Waals surface area contributed by atoms with E-state index in [4.69, 9.17) is 9.16 Å². The number of aromatic nitrogens is 2. The molecule has 1 aliphatic rings. The van der Waals surface area contributed by atoms with E-state index in [-0.39, 0.29) is 22.8 Å². The molecule has 0 bridgehead atoms. The first kappa shape index (κ1) is 26.5. The molecule has 10 heteroatoms. The van der Waals surface area contributed by atoms with Crippen LogP contribution in [-0.4, -0.2) is 37.5 Å². The van der Waals surface area contributed by atoms with Crippen LogP contribution in [0, 0.1) is 30.0 Å². The Morgan fingerprint density at radius 3 is 2.76 bits per heavy atom. The fraction of sp³-hybridized carbons (Fsp3) is 0.542. The van der Waals surface area contributed by atoms with Gasteiger partial charge in [0.05, 0.1) is 35.7 Å². The van der Waals surface area contributed by atoms with Gasteiger partial charge >= 0.3 is 0 Å². The molecular weight excluding hydrogens is 517 g/mol. The van der Waals surface area contributed by atoms with Gasteiger partial charge in [-0.05, 0) is 65.1 Å². The number of nitriles is 1. The predicted octanol–water partition coefficient (Wildman–Crippen LogP) is 6.29. The zero-order valence-corrected chi connectivity index (χ0v) is 23.2. The summed E-state index contributed by atoms with van der Waals surface area (Å²) in [6.07, 6.45) is 2.38. The smallest absolute Gasteiger partial charge is 0.229 e. The summed E-state index contributed by atoms with van der Waals surface area (Å²) in [5, 5.41) is 15.9. The fourth-order valence-electron chi connectivity index (χ4n) is 3.29. The number of ether oxygens (including phenoxy) is 1. The summed E-state index contributed by atoms with van der Waals surface area (Å²) in [6.45, 7) is 14.1. The Morgan fingerprint density at radius 2 is 2.09 bits per heavy atom. The third-order valence-electron chi connectivity index (χ3n) is 6.57. The number of rotatable bonds is 7. The van der Waals surface area contributed by atoms with Crippen molar-refractivity contribution in [2.45, 2.75) is 64.9 Å². The van der Waals surface area contributed by atoms with Crippen molar-refractivity contribution in [3.05, 3.63) is 39.7 Å². The highest BCUT2D eigenvalue weighted by molar-refractivity contribution is 9.10. The van der Waals surface area contributed by atoms with E-state index in [0.717, 1.165) is 5.56 Å². The number of hydrogen-bond donors (Lipinski definition) is 2. The van der Waals surface area contributed by atoms with Gasteiger partial charge in [0, 0.05) is 24.1 Å². The molecule has 2 atom stereocenters. The van der Waals surface area contributed by atoms with Crippen molar-refractivity contribution >= 4 is 41.7 Å². The lowest BCUT2D eigenvalue weighted by Gasteiger charge is -2.36. The third-order valence-corrected chi connectivity index (χ3v) is 11.9. The first-order chi connectivity index (χ1) is 15.9. The van der Waals surface area contributed by atoms with Crippen molar-refractivity contribution < 1.29 is 13.6 Å². The van der Waals surface area contributed by atoms with Crippen molar-refractivity contribution in [2.24, 2.45) is 5.92 Å². The average molecular weight is 551 g/mol. The normalized spacial score (nSPS) is 18.9. The van der Waals surface area contributed by atoms with E-state index in [1.807, 2.05) is 13.0 Å². The van der Waals surface area contributed by atoms with E-state index in [9.17, 15) is 9.65 Å². The zero-order chi connectivity index (χ0) is 25.1. The number of nitrogens with one attached hydrogen (secondary N) is 2. The number of nitrogens with zero attached hydrogens (tertiary/aromatic N) is 3. The molecule has 0 spiro atoms. The van der Waals surface area contributed by atoms with E-state index in [2.05, 4.69) is 76.5 Å². The van der Waals surface area contributed by atoms with Gasteiger partial charge in [-0.3, -0.25) is 0 Å². The Hall–Kier alpha value is -2.06. The SMILES string of the molecule is Cc1cnc(Nc2cc(F)c(Br)c(CO[Si](C)(C)C(C)(C)C)c2)nc1N[C@H]1COCC[C@@H]1C#N. The number of benzene rings is 1. The van der Waals surface area contributed by atoms with Crippen LogP contribution >= 0.6 is 15.9 Å². The second kappa shape index (κ2) is 10.7. The Kier molecular flexibility index (Phi) is 8.34. The van der Waals surface area contributed by atoms with Crippen molar-refractivity contribution in [2.75, 3.05) is 23.8 Å². The molecule has 2 heterocycles. The Labute approximate surface area is 210 Å². The van der Waals surface area contributed by atoms with Crippen LogP contribution < -0.4 is 10.6 Å². The first-order valence-corrected chi connectivity index (χ1v) is 15.1. The van der Waals surface area contributed by atoms with Crippen LogP contribution in [-0.2, 0) is 15.8 Å². The summed E-state index contributed by atoms with van der Waals surface area (Å²) in [4.78, 5) is 8.92. The summed E-state index contributed by atoms with van der Waals surface area (Å²) >= 11 is 3.36. The summed E-state index contributed by atoms with van der Waals surface area (Å²) in [5.74, 6) is 0.410. The molecule has 34 heavy (non-hydrogen) atoms. The van der Waals surface area contributed by atoms with E-state index in [1.165, 1.54) is 6.07 Å². The Morgan fingerprint density at radius 1 is 1.35 bits per heavy atom. The zero-order valence-electron chi connectivity index (χ0n) is 20.6. The molecule has 1 aromatic carbocycles. The van der Waals surface area contributed by atoms with Crippen molar-refractivity contribution in [1.29, 1.82) is 5.26 Å². The summed E-state index contributed by atoms with van der Waals surface area (Å²) < 4.78 is 26.9. The molecule has 0 amide bonds. The standard InChI is InChI=1S/C24H33BrFN5O2Si/c1-15-12-28-23(31-22(15)30-20-14-32-8-7-16(20)11-27)29-18-9-17(21(25)19(26)10-18)13-33-34(5,6)24(2,3)4/h9-10,12,16,20H,7-8,13-14H2,1-6H3,(H2,28,29,30,31)/t16-,20+/m1/s1.